The summed E-state index contributed by atoms with van der Waals surface area (Å²) in [5, 5.41) is 10.5. The van der Waals surface area contributed by atoms with Crippen molar-refractivity contribution < 1.29 is 23.0 Å². The molecule has 0 unspecified atom stereocenters. The first-order valence-corrected chi connectivity index (χ1v) is 9.72. The molecule has 0 atom stereocenters. The van der Waals surface area contributed by atoms with Crippen LogP contribution in [0.2, 0.25) is 0 Å². The summed E-state index contributed by atoms with van der Waals surface area (Å²) in [6.07, 6.45) is -4.42. The summed E-state index contributed by atoms with van der Waals surface area (Å²) in [5.41, 5.74) is 2.36. The van der Waals surface area contributed by atoms with E-state index in [1.165, 1.54) is 12.1 Å². The molecule has 0 aliphatic rings. The second kappa shape index (κ2) is 7.74. The minimum atomic E-state index is -4.42. The van der Waals surface area contributed by atoms with Crippen molar-refractivity contribution >= 4 is 11.0 Å². The Labute approximate surface area is 177 Å². The molecule has 1 heterocycles. The molecule has 0 radical (unpaired) electrons. The normalized spacial score (nSPS) is 12.3. The summed E-state index contributed by atoms with van der Waals surface area (Å²) < 4.78 is 44.1. The van der Waals surface area contributed by atoms with Crippen molar-refractivity contribution in [2.75, 3.05) is 0 Å². The van der Waals surface area contributed by atoms with Gasteiger partial charge in [-0.2, -0.15) is 13.2 Å². The van der Waals surface area contributed by atoms with E-state index in [0.29, 0.717) is 11.3 Å². The Morgan fingerprint density at radius 3 is 2.48 bits per heavy atom. The minimum absolute atomic E-state index is 0.00554. The SMILES string of the molecule is CC(C)(O)c1ccccc1-c1ccc2nc(COc3cccc(C(F)(F)F)c3)[nH]c2c1. The van der Waals surface area contributed by atoms with Crippen molar-refractivity contribution in [3.63, 3.8) is 0 Å². The van der Waals surface area contributed by atoms with Crippen LogP contribution in [-0.4, -0.2) is 15.1 Å². The predicted octanol–water partition coefficient (Wildman–Crippen LogP) is 6.06. The van der Waals surface area contributed by atoms with Crippen molar-refractivity contribution in [3.05, 3.63) is 83.7 Å². The third kappa shape index (κ3) is 4.56. The fourth-order valence-corrected chi connectivity index (χ4v) is 3.48. The molecule has 3 aromatic carbocycles. The van der Waals surface area contributed by atoms with Crippen LogP contribution in [0.15, 0.2) is 66.7 Å². The van der Waals surface area contributed by atoms with Crippen LogP contribution in [-0.2, 0) is 18.4 Å². The van der Waals surface area contributed by atoms with Gasteiger partial charge in [-0.1, -0.05) is 36.4 Å². The lowest BCUT2D eigenvalue weighted by molar-refractivity contribution is -0.137. The van der Waals surface area contributed by atoms with E-state index in [-0.39, 0.29) is 12.4 Å². The summed E-state index contributed by atoms with van der Waals surface area (Å²) in [4.78, 5) is 7.61. The van der Waals surface area contributed by atoms with Gasteiger partial charge in [0.15, 0.2) is 0 Å². The molecule has 0 amide bonds. The molecule has 31 heavy (non-hydrogen) atoms. The Hall–Kier alpha value is -3.32. The molecular formula is C24H21F3N2O2. The van der Waals surface area contributed by atoms with Gasteiger partial charge < -0.3 is 14.8 Å². The molecule has 4 rings (SSSR count). The van der Waals surface area contributed by atoms with Crippen molar-refractivity contribution in [2.24, 2.45) is 0 Å². The number of imidazole rings is 1. The molecule has 0 saturated carbocycles. The predicted molar refractivity (Wildman–Crippen MR) is 113 cm³/mol. The zero-order chi connectivity index (χ0) is 22.2. The molecule has 0 bridgehead atoms. The lowest BCUT2D eigenvalue weighted by Gasteiger charge is -2.21. The lowest BCUT2D eigenvalue weighted by atomic mass is 9.89. The zero-order valence-corrected chi connectivity index (χ0v) is 17.0. The number of aromatic nitrogens is 2. The molecule has 4 nitrogen and oxygen atoms in total. The number of benzene rings is 3. The van der Waals surface area contributed by atoms with E-state index in [0.717, 1.165) is 34.3 Å². The molecule has 0 spiro atoms. The second-order valence-corrected chi connectivity index (χ2v) is 7.83. The Bertz CT molecular complexity index is 1220. The van der Waals surface area contributed by atoms with E-state index in [2.05, 4.69) is 9.97 Å². The zero-order valence-electron chi connectivity index (χ0n) is 17.0. The number of ether oxygens (including phenoxy) is 1. The summed E-state index contributed by atoms with van der Waals surface area (Å²) >= 11 is 0. The Balaban J connectivity index is 1.58. The maximum absolute atomic E-state index is 12.9. The molecule has 0 fully saturated rings. The number of H-pyrrole nitrogens is 1. The number of hydrogen-bond acceptors (Lipinski definition) is 3. The number of nitrogens with zero attached hydrogens (tertiary/aromatic N) is 1. The number of halogens is 3. The maximum Gasteiger partial charge on any atom is 0.416 e. The first kappa shape index (κ1) is 20.9. The quantitative estimate of drug-likeness (QED) is 0.408. The summed E-state index contributed by atoms with van der Waals surface area (Å²) in [5.74, 6) is 0.621. The van der Waals surface area contributed by atoms with Gasteiger partial charge in [0.25, 0.3) is 0 Å². The summed E-state index contributed by atoms with van der Waals surface area (Å²) in [6.45, 7) is 3.49. The number of aromatic amines is 1. The van der Waals surface area contributed by atoms with Crippen LogP contribution in [0.3, 0.4) is 0 Å². The Kier molecular flexibility index (Phi) is 5.23. The number of fused-ring (bicyclic) bond motifs is 1. The van der Waals surface area contributed by atoms with E-state index in [1.54, 1.807) is 13.8 Å². The van der Waals surface area contributed by atoms with E-state index in [1.807, 2.05) is 42.5 Å². The van der Waals surface area contributed by atoms with Crippen LogP contribution in [0.5, 0.6) is 5.75 Å². The van der Waals surface area contributed by atoms with Gasteiger partial charge in [-0.05, 0) is 60.9 Å². The molecule has 1 aromatic heterocycles. The average molecular weight is 426 g/mol. The van der Waals surface area contributed by atoms with E-state index in [4.69, 9.17) is 4.74 Å². The van der Waals surface area contributed by atoms with E-state index < -0.39 is 17.3 Å². The van der Waals surface area contributed by atoms with Gasteiger partial charge in [0.05, 0.1) is 22.2 Å². The van der Waals surface area contributed by atoms with Gasteiger partial charge in [0, 0.05) is 0 Å². The molecule has 160 valence electrons. The Morgan fingerprint density at radius 2 is 1.74 bits per heavy atom. The summed E-state index contributed by atoms with van der Waals surface area (Å²) in [7, 11) is 0. The number of rotatable bonds is 5. The van der Waals surface area contributed by atoms with Crippen molar-refractivity contribution in [2.45, 2.75) is 32.2 Å². The fraction of sp³-hybridized carbons (Fsp3) is 0.208. The summed E-state index contributed by atoms with van der Waals surface area (Å²) in [6, 6.07) is 18.1. The van der Waals surface area contributed by atoms with Gasteiger partial charge in [0.2, 0.25) is 0 Å². The van der Waals surface area contributed by atoms with Gasteiger partial charge in [0.1, 0.15) is 18.2 Å². The van der Waals surface area contributed by atoms with Crippen LogP contribution < -0.4 is 4.74 Å². The smallest absolute Gasteiger partial charge is 0.416 e. The standard InChI is InChI=1S/C24H21F3N2O2/c1-23(2,30)19-9-4-3-8-18(19)15-10-11-20-21(12-15)29-22(28-20)14-31-17-7-5-6-16(13-17)24(25,26)27/h3-13,30H,14H2,1-2H3,(H,28,29). The van der Waals surface area contributed by atoms with Crippen LogP contribution in [0.25, 0.3) is 22.2 Å². The molecule has 0 aliphatic heterocycles. The van der Waals surface area contributed by atoms with Crippen molar-refractivity contribution in [1.82, 2.24) is 9.97 Å². The van der Waals surface area contributed by atoms with Crippen LogP contribution >= 0.6 is 0 Å². The monoisotopic (exact) mass is 426 g/mol. The number of nitrogens with one attached hydrogen (secondary N) is 1. The third-order valence-electron chi connectivity index (χ3n) is 4.97. The van der Waals surface area contributed by atoms with Gasteiger partial charge in [-0.15, -0.1) is 0 Å². The first-order chi connectivity index (χ1) is 14.6. The van der Waals surface area contributed by atoms with E-state index >= 15 is 0 Å². The number of alkyl halides is 3. The fourth-order valence-electron chi connectivity index (χ4n) is 3.48. The largest absolute Gasteiger partial charge is 0.486 e. The van der Waals surface area contributed by atoms with Crippen molar-refractivity contribution in [3.8, 4) is 16.9 Å². The third-order valence-corrected chi connectivity index (χ3v) is 4.97. The molecule has 7 heteroatoms. The van der Waals surface area contributed by atoms with Gasteiger partial charge >= 0.3 is 6.18 Å². The van der Waals surface area contributed by atoms with Crippen LogP contribution in [0.4, 0.5) is 13.2 Å². The topological polar surface area (TPSA) is 58.1 Å². The van der Waals surface area contributed by atoms with E-state index in [9.17, 15) is 18.3 Å². The van der Waals surface area contributed by atoms with Crippen LogP contribution in [0.1, 0.15) is 30.8 Å². The molecule has 0 saturated heterocycles. The highest BCUT2D eigenvalue weighted by molar-refractivity contribution is 5.83. The second-order valence-electron chi connectivity index (χ2n) is 7.83. The van der Waals surface area contributed by atoms with Crippen molar-refractivity contribution in [1.29, 1.82) is 0 Å². The average Bonchev–Trinajstić information content (AvgIpc) is 3.13. The highest BCUT2D eigenvalue weighted by Crippen LogP contribution is 2.33. The number of aliphatic hydroxyl groups is 1. The maximum atomic E-state index is 12.9. The highest BCUT2D eigenvalue weighted by atomic mass is 19.4. The van der Waals surface area contributed by atoms with Gasteiger partial charge in [-0.3, -0.25) is 0 Å². The lowest BCUT2D eigenvalue weighted by Crippen LogP contribution is -2.16. The first-order valence-electron chi connectivity index (χ1n) is 9.72. The molecule has 4 aromatic rings. The number of hydrogen-bond donors (Lipinski definition) is 2. The molecular weight excluding hydrogens is 405 g/mol. The highest BCUT2D eigenvalue weighted by Gasteiger charge is 2.30. The molecule has 0 aliphatic carbocycles. The van der Waals surface area contributed by atoms with Crippen LogP contribution in [0, 0.1) is 0 Å². The molecule has 2 N–H and O–H groups in total. The minimum Gasteiger partial charge on any atom is -0.486 e. The van der Waals surface area contributed by atoms with Gasteiger partial charge in [-0.25, -0.2) is 4.98 Å². The Morgan fingerprint density at radius 1 is 0.968 bits per heavy atom.